The Labute approximate surface area is 205 Å². The van der Waals surface area contributed by atoms with E-state index in [-0.39, 0.29) is 18.1 Å². The van der Waals surface area contributed by atoms with Crippen molar-refractivity contribution in [2.75, 3.05) is 19.0 Å². The summed E-state index contributed by atoms with van der Waals surface area (Å²) in [6, 6.07) is 15.3. The summed E-state index contributed by atoms with van der Waals surface area (Å²) in [7, 11) is 1.42. The van der Waals surface area contributed by atoms with Crippen LogP contribution in [0.2, 0.25) is 0 Å². The number of rotatable bonds is 7. The molecule has 1 aromatic heterocycles. The van der Waals surface area contributed by atoms with Crippen LogP contribution in [0, 0.1) is 5.82 Å². The number of hydrogen-bond acceptors (Lipinski definition) is 6. The SMILES string of the molecule is COc1cc(C=Nn2c(=O)[nH]c3ccccc3c2=O)cc(Br)c1OCC(=O)Nc1cccc(F)c1. The molecule has 0 aliphatic rings. The molecule has 0 aliphatic carbocycles. The summed E-state index contributed by atoms with van der Waals surface area (Å²) in [4.78, 5) is 39.7. The Bertz CT molecular complexity index is 1560. The standard InChI is InChI=1S/C24H18BrFN4O5/c1-34-20-10-14(12-27-30-23(32)17-7-2-3-8-19(17)29-24(30)33)9-18(25)22(20)35-13-21(31)28-16-6-4-5-15(26)11-16/h2-12H,13H2,1H3,(H,28,31)(H,29,33). The van der Waals surface area contributed by atoms with Gasteiger partial charge >= 0.3 is 5.69 Å². The van der Waals surface area contributed by atoms with Gasteiger partial charge in [-0.15, -0.1) is 4.68 Å². The molecule has 2 N–H and O–H groups in total. The minimum atomic E-state index is -0.680. The summed E-state index contributed by atoms with van der Waals surface area (Å²) < 4.78 is 25.4. The van der Waals surface area contributed by atoms with Crippen LogP contribution in [0.25, 0.3) is 10.9 Å². The van der Waals surface area contributed by atoms with Gasteiger partial charge in [-0.3, -0.25) is 9.59 Å². The van der Waals surface area contributed by atoms with Gasteiger partial charge in [0, 0.05) is 5.69 Å². The van der Waals surface area contributed by atoms with Crippen LogP contribution in [0.5, 0.6) is 11.5 Å². The van der Waals surface area contributed by atoms with Crippen molar-refractivity contribution in [1.29, 1.82) is 0 Å². The Hall–Kier alpha value is -4.25. The second kappa shape index (κ2) is 10.3. The van der Waals surface area contributed by atoms with Crippen LogP contribution < -0.4 is 26.0 Å². The predicted molar refractivity (Wildman–Crippen MR) is 133 cm³/mol. The number of ether oxygens (including phenoxy) is 2. The van der Waals surface area contributed by atoms with Gasteiger partial charge in [0.2, 0.25) is 0 Å². The molecule has 0 unspecified atom stereocenters. The van der Waals surface area contributed by atoms with Crippen molar-refractivity contribution in [1.82, 2.24) is 9.66 Å². The number of aromatic nitrogens is 2. The van der Waals surface area contributed by atoms with E-state index < -0.39 is 23.0 Å². The molecule has 1 amide bonds. The lowest BCUT2D eigenvalue weighted by molar-refractivity contribution is -0.118. The molecule has 1 heterocycles. The van der Waals surface area contributed by atoms with Crippen molar-refractivity contribution >= 4 is 44.6 Å². The topological polar surface area (TPSA) is 115 Å². The van der Waals surface area contributed by atoms with Gasteiger partial charge in [0.1, 0.15) is 5.82 Å². The lowest BCUT2D eigenvalue weighted by Crippen LogP contribution is -2.32. The van der Waals surface area contributed by atoms with Gasteiger partial charge in [-0.2, -0.15) is 5.10 Å². The fourth-order valence-corrected chi connectivity index (χ4v) is 3.81. The second-order valence-electron chi connectivity index (χ2n) is 7.22. The number of halogens is 2. The van der Waals surface area contributed by atoms with Gasteiger partial charge < -0.3 is 19.8 Å². The number of carbonyl (C=O) groups excluding carboxylic acids is 1. The number of H-pyrrole nitrogens is 1. The van der Waals surface area contributed by atoms with Gasteiger partial charge in [-0.1, -0.05) is 18.2 Å². The molecule has 4 rings (SSSR count). The van der Waals surface area contributed by atoms with Crippen molar-refractivity contribution in [2.24, 2.45) is 5.10 Å². The largest absolute Gasteiger partial charge is 0.493 e. The van der Waals surface area contributed by atoms with Crippen LogP contribution in [0.3, 0.4) is 0 Å². The monoisotopic (exact) mass is 540 g/mol. The molecule has 35 heavy (non-hydrogen) atoms. The molecule has 3 aromatic carbocycles. The third-order valence-electron chi connectivity index (χ3n) is 4.81. The molecule has 0 saturated carbocycles. The molecule has 0 spiro atoms. The normalized spacial score (nSPS) is 11.1. The van der Waals surface area contributed by atoms with Crippen LogP contribution in [-0.4, -0.2) is 35.5 Å². The Morgan fingerprint density at radius 2 is 1.97 bits per heavy atom. The number of aromatic amines is 1. The van der Waals surface area contributed by atoms with Crippen molar-refractivity contribution in [3.8, 4) is 11.5 Å². The summed E-state index contributed by atoms with van der Waals surface area (Å²) in [5, 5.41) is 6.88. The van der Waals surface area contributed by atoms with Gasteiger partial charge in [-0.05, 0) is 64.0 Å². The van der Waals surface area contributed by atoms with Gasteiger partial charge in [0.05, 0.1) is 28.7 Å². The number of nitrogens with zero attached hydrogens (tertiary/aromatic N) is 2. The number of para-hydroxylation sites is 1. The average Bonchev–Trinajstić information content (AvgIpc) is 2.83. The number of hydrogen-bond donors (Lipinski definition) is 2. The van der Waals surface area contributed by atoms with E-state index in [0.29, 0.717) is 26.6 Å². The Balaban J connectivity index is 1.54. The van der Waals surface area contributed by atoms with E-state index in [1.807, 2.05) is 0 Å². The third-order valence-corrected chi connectivity index (χ3v) is 5.40. The summed E-state index contributed by atoms with van der Waals surface area (Å²) in [6.45, 7) is -0.360. The van der Waals surface area contributed by atoms with Gasteiger partial charge in [0.25, 0.3) is 11.5 Å². The van der Waals surface area contributed by atoms with Crippen molar-refractivity contribution < 1.29 is 18.7 Å². The van der Waals surface area contributed by atoms with Crippen LogP contribution in [0.1, 0.15) is 5.56 Å². The lowest BCUT2D eigenvalue weighted by Gasteiger charge is -2.13. The fraction of sp³-hybridized carbons (Fsp3) is 0.0833. The Morgan fingerprint density at radius 1 is 1.17 bits per heavy atom. The molecule has 9 nitrogen and oxygen atoms in total. The van der Waals surface area contributed by atoms with E-state index in [1.54, 1.807) is 42.5 Å². The van der Waals surface area contributed by atoms with E-state index in [1.165, 1.54) is 31.5 Å². The highest BCUT2D eigenvalue weighted by molar-refractivity contribution is 9.10. The van der Waals surface area contributed by atoms with Crippen molar-refractivity contribution in [2.45, 2.75) is 0 Å². The smallest absolute Gasteiger partial charge is 0.349 e. The first kappa shape index (κ1) is 23.9. The third kappa shape index (κ3) is 5.46. The minimum Gasteiger partial charge on any atom is -0.493 e. The van der Waals surface area contributed by atoms with E-state index in [9.17, 15) is 18.8 Å². The maximum absolute atomic E-state index is 13.3. The van der Waals surface area contributed by atoms with Crippen LogP contribution >= 0.6 is 15.9 Å². The first-order chi connectivity index (χ1) is 16.9. The highest BCUT2D eigenvalue weighted by Crippen LogP contribution is 2.36. The number of benzene rings is 3. The molecular weight excluding hydrogens is 523 g/mol. The maximum Gasteiger partial charge on any atom is 0.349 e. The number of amides is 1. The molecule has 0 atom stereocenters. The van der Waals surface area contributed by atoms with E-state index in [0.717, 1.165) is 4.68 Å². The number of carbonyl (C=O) groups is 1. The zero-order chi connectivity index (χ0) is 24.9. The summed E-state index contributed by atoms with van der Waals surface area (Å²) in [5.74, 6) is -0.442. The Morgan fingerprint density at radius 3 is 2.74 bits per heavy atom. The highest BCUT2D eigenvalue weighted by Gasteiger charge is 2.14. The zero-order valence-corrected chi connectivity index (χ0v) is 19.8. The zero-order valence-electron chi connectivity index (χ0n) is 18.2. The van der Waals surface area contributed by atoms with Gasteiger partial charge in [-0.25, -0.2) is 9.18 Å². The first-order valence-corrected chi connectivity index (χ1v) is 11.0. The summed E-state index contributed by atoms with van der Waals surface area (Å²) in [6.07, 6.45) is 1.32. The molecule has 4 aromatic rings. The molecule has 0 aliphatic heterocycles. The lowest BCUT2D eigenvalue weighted by atomic mass is 10.2. The number of anilines is 1. The Kier molecular flexibility index (Phi) is 7.06. The van der Waals surface area contributed by atoms with E-state index in [2.05, 4.69) is 31.3 Å². The van der Waals surface area contributed by atoms with Gasteiger partial charge in [0.15, 0.2) is 18.1 Å². The first-order valence-electron chi connectivity index (χ1n) is 10.2. The fourth-order valence-electron chi connectivity index (χ4n) is 3.24. The molecule has 0 saturated heterocycles. The number of nitrogens with one attached hydrogen (secondary N) is 2. The predicted octanol–water partition coefficient (Wildman–Crippen LogP) is 3.50. The van der Waals surface area contributed by atoms with E-state index >= 15 is 0 Å². The second-order valence-corrected chi connectivity index (χ2v) is 8.07. The molecule has 0 fully saturated rings. The van der Waals surface area contributed by atoms with Crippen LogP contribution in [0.15, 0.2) is 79.8 Å². The van der Waals surface area contributed by atoms with Crippen molar-refractivity contribution in [3.63, 3.8) is 0 Å². The summed E-state index contributed by atoms with van der Waals surface area (Å²) >= 11 is 3.37. The highest BCUT2D eigenvalue weighted by atomic mass is 79.9. The minimum absolute atomic E-state index is 0.250. The summed E-state index contributed by atoms with van der Waals surface area (Å²) in [5.41, 5.74) is -0.0303. The number of fused-ring (bicyclic) bond motifs is 1. The van der Waals surface area contributed by atoms with Crippen LogP contribution in [-0.2, 0) is 4.79 Å². The van der Waals surface area contributed by atoms with E-state index in [4.69, 9.17) is 9.47 Å². The molecule has 178 valence electrons. The molecule has 0 bridgehead atoms. The molecule has 11 heteroatoms. The van der Waals surface area contributed by atoms with Crippen LogP contribution in [0.4, 0.5) is 10.1 Å². The molecular formula is C24H18BrFN4O5. The quantitative estimate of drug-likeness (QED) is 0.348. The average molecular weight is 541 g/mol. The number of methoxy groups -OCH3 is 1. The molecule has 0 radical (unpaired) electrons. The maximum atomic E-state index is 13.3. The van der Waals surface area contributed by atoms with Crippen molar-refractivity contribution in [3.05, 3.63) is 97.4 Å².